The fourth-order valence-electron chi connectivity index (χ4n) is 3.43. The number of carboxylic acids is 1. The van der Waals surface area contributed by atoms with Gasteiger partial charge in [-0.25, -0.2) is 4.79 Å². The van der Waals surface area contributed by atoms with Gasteiger partial charge in [0.25, 0.3) is 0 Å². The Labute approximate surface area is 141 Å². The molecule has 2 unspecified atom stereocenters. The van der Waals surface area contributed by atoms with E-state index in [4.69, 9.17) is 0 Å². The lowest BCUT2D eigenvalue weighted by Gasteiger charge is -2.37. The lowest BCUT2D eigenvalue weighted by Crippen LogP contribution is -2.54. The van der Waals surface area contributed by atoms with Crippen molar-refractivity contribution in [1.82, 2.24) is 9.80 Å². The zero-order valence-corrected chi connectivity index (χ0v) is 15.3. The summed E-state index contributed by atoms with van der Waals surface area (Å²) in [5.74, 6) is -0.671. The Kier molecular flexibility index (Phi) is 8.59. The third-order valence-electron chi connectivity index (χ3n) is 4.70. The van der Waals surface area contributed by atoms with Gasteiger partial charge in [-0.1, -0.05) is 40.5 Å². The van der Waals surface area contributed by atoms with Gasteiger partial charge in [-0.15, -0.1) is 0 Å². The molecular weight excluding hydrogens is 292 g/mol. The van der Waals surface area contributed by atoms with Crippen LogP contribution in [0.5, 0.6) is 0 Å². The highest BCUT2D eigenvalue weighted by Crippen LogP contribution is 2.23. The number of hydrogen-bond donors (Lipinski definition) is 1. The maximum absolute atomic E-state index is 13.1. The van der Waals surface area contributed by atoms with Gasteiger partial charge in [0.15, 0.2) is 0 Å². The van der Waals surface area contributed by atoms with E-state index in [1.165, 1.54) is 0 Å². The summed E-state index contributed by atoms with van der Waals surface area (Å²) in [5, 5.41) is 9.37. The second-order valence-electron chi connectivity index (χ2n) is 6.96. The number of amides is 1. The van der Waals surface area contributed by atoms with Gasteiger partial charge < -0.3 is 10.0 Å². The second kappa shape index (κ2) is 9.91. The van der Waals surface area contributed by atoms with E-state index in [0.29, 0.717) is 13.0 Å². The number of nitrogens with zero attached hydrogens (tertiary/aromatic N) is 2. The highest BCUT2D eigenvalue weighted by molar-refractivity contribution is 5.87. The van der Waals surface area contributed by atoms with Crippen LogP contribution in [0.15, 0.2) is 0 Å². The van der Waals surface area contributed by atoms with Crippen LogP contribution < -0.4 is 0 Å². The molecule has 5 heteroatoms. The molecule has 23 heavy (non-hydrogen) atoms. The summed E-state index contributed by atoms with van der Waals surface area (Å²) >= 11 is 0. The van der Waals surface area contributed by atoms with Gasteiger partial charge in [-0.3, -0.25) is 9.69 Å². The Morgan fingerprint density at radius 3 is 2.17 bits per heavy atom. The summed E-state index contributed by atoms with van der Waals surface area (Å²) in [6.07, 6.45) is 5.71. The van der Waals surface area contributed by atoms with Gasteiger partial charge in [0.05, 0.1) is 6.04 Å². The molecule has 0 spiro atoms. The molecule has 0 aliphatic carbocycles. The van der Waals surface area contributed by atoms with Crippen LogP contribution in [0.1, 0.15) is 66.2 Å². The normalized spacial score (nSPS) is 19.6. The minimum Gasteiger partial charge on any atom is -0.480 e. The highest BCUT2D eigenvalue weighted by Gasteiger charge is 2.39. The van der Waals surface area contributed by atoms with E-state index in [1.807, 2.05) is 0 Å². The number of rotatable bonds is 10. The fourth-order valence-corrected chi connectivity index (χ4v) is 3.43. The lowest BCUT2D eigenvalue weighted by atomic mass is 9.99. The third kappa shape index (κ3) is 5.48. The molecule has 1 aliphatic heterocycles. The summed E-state index contributed by atoms with van der Waals surface area (Å²) in [6, 6.07) is -0.837. The van der Waals surface area contributed by atoms with Crippen LogP contribution in [-0.4, -0.2) is 58.5 Å². The van der Waals surface area contributed by atoms with Crippen molar-refractivity contribution in [3.05, 3.63) is 0 Å². The van der Waals surface area contributed by atoms with Crippen LogP contribution in [0, 0.1) is 5.92 Å². The van der Waals surface area contributed by atoms with E-state index >= 15 is 0 Å². The Hall–Kier alpha value is -1.10. The summed E-state index contributed by atoms with van der Waals surface area (Å²) in [6.45, 7) is 10.9. The Balaban J connectivity index is 2.91. The molecule has 0 aromatic rings. The number of likely N-dealkylation sites (tertiary alicyclic amines) is 1. The van der Waals surface area contributed by atoms with Crippen LogP contribution in [0.25, 0.3) is 0 Å². The lowest BCUT2D eigenvalue weighted by molar-refractivity contribution is -0.151. The molecule has 1 aliphatic rings. The number of carboxylic acid groups (broad SMARTS) is 1. The monoisotopic (exact) mass is 326 g/mol. The van der Waals surface area contributed by atoms with Crippen molar-refractivity contribution >= 4 is 11.9 Å². The Morgan fingerprint density at radius 1 is 1.17 bits per heavy atom. The topological polar surface area (TPSA) is 60.9 Å². The second-order valence-corrected chi connectivity index (χ2v) is 6.96. The van der Waals surface area contributed by atoms with Crippen molar-refractivity contribution < 1.29 is 14.7 Å². The summed E-state index contributed by atoms with van der Waals surface area (Å²) in [5.41, 5.74) is 0. The number of aliphatic carboxylic acids is 1. The van der Waals surface area contributed by atoms with Crippen molar-refractivity contribution in [2.24, 2.45) is 5.92 Å². The van der Waals surface area contributed by atoms with Gasteiger partial charge in [-0.05, 0) is 44.7 Å². The predicted octanol–water partition coefficient (Wildman–Crippen LogP) is 2.99. The van der Waals surface area contributed by atoms with E-state index in [9.17, 15) is 14.7 Å². The van der Waals surface area contributed by atoms with Crippen molar-refractivity contribution in [1.29, 1.82) is 0 Å². The first-order chi connectivity index (χ1) is 10.9. The quantitative estimate of drug-likeness (QED) is 0.670. The smallest absolute Gasteiger partial charge is 0.326 e. The van der Waals surface area contributed by atoms with E-state index in [-0.39, 0.29) is 17.9 Å². The zero-order chi connectivity index (χ0) is 17.4. The zero-order valence-electron chi connectivity index (χ0n) is 15.3. The molecule has 2 atom stereocenters. The standard InChI is InChI=1S/C18H34N2O3/c1-5-7-11-19(12-8-6-2)16(14(3)4)17(21)20-13-9-10-15(20)18(22)23/h14-16H,5-13H2,1-4H3,(H,22,23). The molecule has 1 saturated heterocycles. The van der Waals surface area contributed by atoms with Crippen molar-refractivity contribution in [2.45, 2.75) is 78.3 Å². The van der Waals surface area contributed by atoms with Crippen LogP contribution in [-0.2, 0) is 9.59 Å². The number of carbonyl (C=O) groups is 2. The maximum atomic E-state index is 13.1. The van der Waals surface area contributed by atoms with Gasteiger partial charge in [0.2, 0.25) is 5.91 Å². The molecule has 1 rings (SSSR count). The number of carbonyl (C=O) groups excluding carboxylic acids is 1. The van der Waals surface area contributed by atoms with Crippen molar-refractivity contribution in [3.8, 4) is 0 Å². The molecule has 0 bridgehead atoms. The predicted molar refractivity (Wildman–Crippen MR) is 92.4 cm³/mol. The number of hydrogen-bond acceptors (Lipinski definition) is 3. The molecule has 0 radical (unpaired) electrons. The van der Waals surface area contributed by atoms with Gasteiger partial charge in [-0.2, -0.15) is 0 Å². The molecule has 1 N–H and O–H groups in total. The largest absolute Gasteiger partial charge is 0.480 e. The van der Waals surface area contributed by atoms with Gasteiger partial charge in [0, 0.05) is 6.54 Å². The van der Waals surface area contributed by atoms with E-state index in [2.05, 4.69) is 32.6 Å². The SMILES string of the molecule is CCCCN(CCCC)C(C(=O)N1CCCC1C(=O)O)C(C)C. The molecule has 1 amide bonds. The third-order valence-corrected chi connectivity index (χ3v) is 4.70. The van der Waals surface area contributed by atoms with E-state index < -0.39 is 12.0 Å². The Morgan fingerprint density at radius 2 is 1.74 bits per heavy atom. The van der Waals surface area contributed by atoms with Crippen molar-refractivity contribution in [2.75, 3.05) is 19.6 Å². The molecule has 0 saturated carbocycles. The summed E-state index contributed by atoms with van der Waals surface area (Å²) in [4.78, 5) is 28.4. The fraction of sp³-hybridized carbons (Fsp3) is 0.889. The molecule has 1 fully saturated rings. The average molecular weight is 326 g/mol. The molecule has 5 nitrogen and oxygen atoms in total. The van der Waals surface area contributed by atoms with Gasteiger partial charge in [0.1, 0.15) is 6.04 Å². The molecular formula is C18H34N2O3. The molecule has 0 aromatic heterocycles. The summed E-state index contributed by atoms with van der Waals surface area (Å²) in [7, 11) is 0. The molecule has 1 heterocycles. The maximum Gasteiger partial charge on any atom is 0.326 e. The minimum atomic E-state index is -0.868. The van der Waals surface area contributed by atoms with Crippen LogP contribution >= 0.6 is 0 Å². The van der Waals surface area contributed by atoms with Crippen LogP contribution in [0.2, 0.25) is 0 Å². The molecule has 0 aromatic carbocycles. The van der Waals surface area contributed by atoms with Crippen LogP contribution in [0.3, 0.4) is 0 Å². The average Bonchev–Trinajstić information content (AvgIpc) is 2.98. The first-order valence-electron chi connectivity index (χ1n) is 9.21. The minimum absolute atomic E-state index is 0.0112. The summed E-state index contributed by atoms with van der Waals surface area (Å²) < 4.78 is 0. The van der Waals surface area contributed by atoms with Gasteiger partial charge >= 0.3 is 5.97 Å². The highest BCUT2D eigenvalue weighted by atomic mass is 16.4. The van der Waals surface area contributed by atoms with Crippen molar-refractivity contribution in [3.63, 3.8) is 0 Å². The first kappa shape index (κ1) is 19.9. The first-order valence-corrected chi connectivity index (χ1v) is 9.21. The van der Waals surface area contributed by atoms with Crippen LogP contribution in [0.4, 0.5) is 0 Å². The Bertz CT molecular complexity index is 376. The number of unbranched alkanes of at least 4 members (excludes halogenated alkanes) is 2. The molecule has 134 valence electrons. The van der Waals surface area contributed by atoms with E-state index in [0.717, 1.165) is 45.2 Å². The van der Waals surface area contributed by atoms with E-state index in [1.54, 1.807) is 4.90 Å².